The first kappa shape index (κ1) is 22.0. The van der Waals surface area contributed by atoms with Gasteiger partial charge in [-0.2, -0.15) is 0 Å². The van der Waals surface area contributed by atoms with Crippen LogP contribution in [-0.2, 0) is 0 Å². The molecule has 0 aromatic heterocycles. The minimum absolute atomic E-state index is 0.00643. The number of unbranched alkanes of at least 4 members (excludes halogenated alkanes) is 4. The third-order valence-electron chi connectivity index (χ3n) is 3.53. The van der Waals surface area contributed by atoms with Crippen molar-refractivity contribution in [1.82, 2.24) is 4.90 Å². The van der Waals surface area contributed by atoms with Crippen LogP contribution in [0.5, 0.6) is 0 Å². The lowest BCUT2D eigenvalue weighted by atomic mass is 10.0. The molecule has 0 aliphatic heterocycles. The first-order valence-electron chi connectivity index (χ1n) is 7.66. The van der Waals surface area contributed by atoms with Gasteiger partial charge < -0.3 is 30.4 Å². The molecule has 0 aromatic rings. The Labute approximate surface area is 143 Å². The largest absolute Gasteiger partial charge is 0.394 e. The summed E-state index contributed by atoms with van der Waals surface area (Å²) in [5.41, 5.74) is 0. The molecule has 0 saturated heterocycles. The second kappa shape index (κ2) is 12.5. The van der Waals surface area contributed by atoms with E-state index in [9.17, 15) is 20.4 Å². The Morgan fingerprint density at radius 3 is 2.05 bits per heavy atom. The van der Waals surface area contributed by atoms with E-state index in [1.165, 1.54) is 6.42 Å². The Kier molecular flexibility index (Phi) is 12.5. The zero-order valence-electron chi connectivity index (χ0n) is 13.0. The highest BCUT2D eigenvalue weighted by atomic mass is 32.1. The molecular formula is C14H29NO5S2. The van der Waals surface area contributed by atoms with Gasteiger partial charge in [0, 0.05) is 13.1 Å². The third kappa shape index (κ3) is 8.61. The van der Waals surface area contributed by atoms with Crippen molar-refractivity contribution in [3.63, 3.8) is 0 Å². The molecule has 132 valence electrons. The maximum Gasteiger partial charge on any atom is 0.133 e. The monoisotopic (exact) mass is 355 g/mol. The molecule has 5 N–H and O–H groups in total. The van der Waals surface area contributed by atoms with Gasteiger partial charge >= 0.3 is 0 Å². The molecule has 0 fully saturated rings. The van der Waals surface area contributed by atoms with Crippen LogP contribution in [0.15, 0.2) is 0 Å². The summed E-state index contributed by atoms with van der Waals surface area (Å²) >= 11 is 9.11. The molecular weight excluding hydrogens is 326 g/mol. The van der Waals surface area contributed by atoms with Crippen molar-refractivity contribution in [1.29, 1.82) is 0 Å². The molecule has 0 amide bonds. The van der Waals surface area contributed by atoms with Gasteiger partial charge in [-0.1, -0.05) is 44.8 Å². The van der Waals surface area contributed by atoms with Crippen molar-refractivity contribution in [2.24, 2.45) is 0 Å². The van der Waals surface area contributed by atoms with Gasteiger partial charge in [-0.15, -0.1) is 12.6 Å². The summed E-state index contributed by atoms with van der Waals surface area (Å²) in [6, 6.07) is 0. The van der Waals surface area contributed by atoms with E-state index in [2.05, 4.69) is 19.6 Å². The van der Waals surface area contributed by atoms with Crippen molar-refractivity contribution >= 4 is 29.2 Å². The predicted octanol–water partition coefficient (Wildman–Crippen LogP) is -0.0906. The zero-order valence-corrected chi connectivity index (χ0v) is 14.7. The van der Waals surface area contributed by atoms with E-state index in [1.54, 1.807) is 4.90 Å². The molecule has 0 bridgehead atoms. The summed E-state index contributed by atoms with van der Waals surface area (Å²) in [5, 5.41) is 47.4. The van der Waals surface area contributed by atoms with Crippen molar-refractivity contribution in [2.75, 3.05) is 19.7 Å². The van der Waals surface area contributed by atoms with E-state index < -0.39 is 31.0 Å². The molecule has 0 unspecified atom stereocenters. The molecule has 0 rings (SSSR count). The molecule has 6 nitrogen and oxygen atoms in total. The molecule has 4 atom stereocenters. The molecule has 22 heavy (non-hydrogen) atoms. The Balaban J connectivity index is 4.33. The second-order valence-electron chi connectivity index (χ2n) is 5.44. The highest BCUT2D eigenvalue weighted by molar-refractivity contribution is 8.10. The molecule has 0 aliphatic rings. The quantitative estimate of drug-likeness (QED) is 0.165. The van der Waals surface area contributed by atoms with Gasteiger partial charge in [0.2, 0.25) is 0 Å². The Morgan fingerprint density at radius 1 is 1.00 bits per heavy atom. The van der Waals surface area contributed by atoms with Crippen LogP contribution in [0.4, 0.5) is 0 Å². The summed E-state index contributed by atoms with van der Waals surface area (Å²) in [6.07, 6.45) is -0.602. The van der Waals surface area contributed by atoms with Crippen LogP contribution < -0.4 is 0 Å². The lowest BCUT2D eigenvalue weighted by Gasteiger charge is -2.30. The van der Waals surface area contributed by atoms with Crippen LogP contribution in [0.1, 0.15) is 39.0 Å². The number of aliphatic hydroxyl groups is 5. The first-order chi connectivity index (χ1) is 10.3. The van der Waals surface area contributed by atoms with Gasteiger partial charge in [0.25, 0.3) is 0 Å². The molecule has 8 heteroatoms. The van der Waals surface area contributed by atoms with Gasteiger partial charge in [-0.25, -0.2) is 0 Å². The number of nitrogens with zero attached hydrogens (tertiary/aromatic N) is 1. The summed E-state index contributed by atoms with van der Waals surface area (Å²) < 4.78 is 0.305. The fourth-order valence-electron chi connectivity index (χ4n) is 2.07. The van der Waals surface area contributed by atoms with Gasteiger partial charge in [0.15, 0.2) is 0 Å². The van der Waals surface area contributed by atoms with Crippen molar-refractivity contribution in [3.05, 3.63) is 0 Å². The van der Waals surface area contributed by atoms with Gasteiger partial charge in [-0.05, 0) is 6.42 Å². The number of thiol groups is 1. The lowest BCUT2D eigenvalue weighted by Crippen LogP contribution is -2.50. The second-order valence-corrected chi connectivity index (χ2v) is 6.55. The molecule has 0 radical (unpaired) electrons. The standard InChI is InChI=1S/C14H29NO5S2/c1-2-3-4-5-6-7-15(14(21)22)8-10(17)12(19)13(20)11(18)9-16/h10-13,16-20H,2-9H2,1H3,(H,21,22)/t10-,11+,12+,13+/m0/s1. The van der Waals surface area contributed by atoms with E-state index in [1.807, 2.05) is 0 Å². The van der Waals surface area contributed by atoms with Crippen LogP contribution in [0.3, 0.4) is 0 Å². The summed E-state index contributed by atoms with van der Waals surface area (Å²) in [5.74, 6) is 0. The van der Waals surface area contributed by atoms with Crippen molar-refractivity contribution in [2.45, 2.75) is 63.4 Å². The predicted molar refractivity (Wildman–Crippen MR) is 93.0 cm³/mol. The maximum absolute atomic E-state index is 9.95. The summed E-state index contributed by atoms with van der Waals surface area (Å²) in [6.45, 7) is 2.05. The molecule has 0 spiro atoms. The first-order valence-corrected chi connectivity index (χ1v) is 8.51. The zero-order chi connectivity index (χ0) is 17.1. The summed E-state index contributed by atoms with van der Waals surface area (Å²) in [4.78, 5) is 1.65. The van der Waals surface area contributed by atoms with E-state index in [0.717, 1.165) is 25.7 Å². The average molecular weight is 356 g/mol. The van der Waals surface area contributed by atoms with E-state index >= 15 is 0 Å². The molecule has 0 aromatic carbocycles. The van der Waals surface area contributed by atoms with Gasteiger partial charge in [0.1, 0.15) is 22.6 Å². The highest BCUT2D eigenvalue weighted by Crippen LogP contribution is 2.10. The number of hydrogen-bond donors (Lipinski definition) is 6. The van der Waals surface area contributed by atoms with Crippen LogP contribution in [0.25, 0.3) is 0 Å². The van der Waals surface area contributed by atoms with E-state index in [4.69, 9.17) is 17.3 Å². The fourth-order valence-corrected chi connectivity index (χ4v) is 2.42. The Morgan fingerprint density at radius 2 is 1.55 bits per heavy atom. The van der Waals surface area contributed by atoms with Crippen LogP contribution in [0, 0.1) is 0 Å². The van der Waals surface area contributed by atoms with E-state index in [0.29, 0.717) is 10.9 Å². The van der Waals surface area contributed by atoms with Crippen LogP contribution in [0.2, 0.25) is 0 Å². The number of hydrogen-bond acceptors (Lipinski definition) is 6. The Bertz CT molecular complexity index is 309. The summed E-state index contributed by atoms with van der Waals surface area (Å²) in [7, 11) is 0. The number of rotatable bonds is 12. The third-order valence-corrected chi connectivity index (χ3v) is 4.08. The normalized spacial score (nSPS) is 16.9. The van der Waals surface area contributed by atoms with Crippen LogP contribution >= 0.6 is 24.8 Å². The Hall–Kier alpha value is 0.0400. The minimum atomic E-state index is -1.63. The van der Waals surface area contributed by atoms with Gasteiger partial charge in [-0.3, -0.25) is 0 Å². The van der Waals surface area contributed by atoms with Crippen molar-refractivity contribution < 1.29 is 25.5 Å². The number of thiocarbonyl (C=S) groups is 1. The van der Waals surface area contributed by atoms with Crippen molar-refractivity contribution in [3.8, 4) is 0 Å². The minimum Gasteiger partial charge on any atom is -0.394 e. The van der Waals surface area contributed by atoms with Crippen LogP contribution in [-0.4, -0.2) is 78.9 Å². The van der Waals surface area contributed by atoms with Gasteiger partial charge in [0.05, 0.1) is 12.7 Å². The topological polar surface area (TPSA) is 104 Å². The van der Waals surface area contributed by atoms with E-state index in [-0.39, 0.29) is 6.54 Å². The average Bonchev–Trinajstić information content (AvgIpc) is 2.50. The highest BCUT2D eigenvalue weighted by Gasteiger charge is 2.31. The lowest BCUT2D eigenvalue weighted by molar-refractivity contribution is -0.117. The maximum atomic E-state index is 9.95. The molecule has 0 aliphatic carbocycles. The molecule has 0 heterocycles. The number of aliphatic hydroxyl groups excluding tert-OH is 5. The molecule has 0 saturated carbocycles. The fraction of sp³-hybridized carbons (Fsp3) is 0.929. The SMILES string of the molecule is CCCCCCCN(C[C@H](O)[C@@H](O)[C@H](O)[C@H](O)CO)C(=S)S. The smallest absolute Gasteiger partial charge is 0.133 e.